The topological polar surface area (TPSA) is 52.6 Å². The van der Waals surface area contributed by atoms with E-state index in [1.54, 1.807) is 0 Å². The van der Waals surface area contributed by atoms with Crippen LogP contribution < -0.4 is 0 Å². The molecule has 2 atom stereocenters. The summed E-state index contributed by atoms with van der Waals surface area (Å²) in [5, 5.41) is 0. The predicted molar refractivity (Wildman–Crippen MR) is 82.0 cm³/mol. The number of thioether (sulfide) groups is 2. The van der Waals surface area contributed by atoms with Crippen molar-refractivity contribution in [2.45, 2.75) is 25.7 Å². The Balaban J connectivity index is 1.38. The van der Waals surface area contributed by atoms with E-state index in [-0.39, 0.29) is 23.8 Å². The highest BCUT2D eigenvalue weighted by molar-refractivity contribution is 8.02. The van der Waals surface area contributed by atoms with Crippen LogP contribution in [0.3, 0.4) is 0 Å². The Hall–Kier alpha value is -0.360. The molecule has 0 N–H and O–H groups in total. The second-order valence-electron chi connectivity index (χ2n) is 5.11. The van der Waals surface area contributed by atoms with E-state index in [0.29, 0.717) is 13.2 Å². The molecule has 2 rings (SSSR count). The largest absolute Gasteiger partial charge is 0.465 e. The van der Waals surface area contributed by atoms with Crippen LogP contribution in [0.4, 0.5) is 0 Å². The van der Waals surface area contributed by atoms with E-state index in [1.807, 2.05) is 23.5 Å². The Labute approximate surface area is 128 Å². The van der Waals surface area contributed by atoms with Gasteiger partial charge in [0.15, 0.2) is 0 Å². The average Bonchev–Trinajstić information content (AvgIpc) is 3.02. The first-order valence-corrected chi connectivity index (χ1v) is 9.57. The van der Waals surface area contributed by atoms with Crippen molar-refractivity contribution in [2.24, 2.45) is 11.8 Å². The Morgan fingerprint density at radius 2 is 1.25 bits per heavy atom. The number of ether oxygens (including phenoxy) is 2. The van der Waals surface area contributed by atoms with Crippen LogP contribution in [0.25, 0.3) is 0 Å². The summed E-state index contributed by atoms with van der Waals surface area (Å²) in [5.41, 5.74) is 0. The third-order valence-corrected chi connectivity index (χ3v) is 5.97. The highest BCUT2D eigenvalue weighted by atomic mass is 32.2. The zero-order valence-electron chi connectivity index (χ0n) is 11.7. The molecule has 0 spiro atoms. The maximum absolute atomic E-state index is 11.3. The summed E-state index contributed by atoms with van der Waals surface area (Å²) in [5.74, 6) is 4.56. The van der Waals surface area contributed by atoms with Crippen LogP contribution in [-0.2, 0) is 19.1 Å². The second kappa shape index (κ2) is 8.82. The minimum absolute atomic E-state index is 0.0107. The maximum atomic E-state index is 11.3. The Morgan fingerprint density at radius 1 is 0.800 bits per heavy atom. The summed E-state index contributed by atoms with van der Waals surface area (Å²) >= 11 is 3.81. The van der Waals surface area contributed by atoms with E-state index in [1.165, 1.54) is 0 Å². The minimum atomic E-state index is -0.0107. The van der Waals surface area contributed by atoms with Gasteiger partial charge in [0.05, 0.1) is 25.0 Å². The fraction of sp³-hybridized carbons (Fsp3) is 0.857. The molecule has 6 heteroatoms. The number of esters is 2. The van der Waals surface area contributed by atoms with Crippen LogP contribution in [0.1, 0.15) is 25.7 Å². The van der Waals surface area contributed by atoms with Gasteiger partial charge in [-0.15, -0.1) is 0 Å². The fourth-order valence-corrected chi connectivity index (χ4v) is 4.63. The number of cyclic esters (lactones) is 2. The van der Waals surface area contributed by atoms with Crippen LogP contribution in [0.5, 0.6) is 0 Å². The van der Waals surface area contributed by atoms with Crippen LogP contribution in [0.2, 0.25) is 0 Å². The van der Waals surface area contributed by atoms with Crippen molar-refractivity contribution >= 4 is 35.5 Å². The molecule has 0 aromatic carbocycles. The van der Waals surface area contributed by atoms with Crippen LogP contribution in [0.15, 0.2) is 0 Å². The summed E-state index contributed by atoms with van der Waals surface area (Å²) in [6.45, 7) is 1.21. The van der Waals surface area contributed by atoms with Gasteiger partial charge in [0, 0.05) is 11.5 Å². The highest BCUT2D eigenvalue weighted by Crippen LogP contribution is 2.22. The molecule has 0 saturated carbocycles. The molecule has 20 heavy (non-hydrogen) atoms. The highest BCUT2D eigenvalue weighted by Gasteiger charge is 2.26. The number of hydrogen-bond donors (Lipinski definition) is 0. The molecule has 2 unspecified atom stereocenters. The molecule has 114 valence electrons. The van der Waals surface area contributed by atoms with Crippen molar-refractivity contribution < 1.29 is 19.1 Å². The number of carbonyl (C=O) groups is 2. The molecule has 2 fully saturated rings. The third kappa shape index (κ3) is 5.20. The monoisotopic (exact) mass is 318 g/mol. The Morgan fingerprint density at radius 3 is 1.60 bits per heavy atom. The normalized spacial score (nSPS) is 25.8. The molecular formula is C14H22O4S2. The zero-order chi connectivity index (χ0) is 14.2. The van der Waals surface area contributed by atoms with Gasteiger partial charge in [-0.3, -0.25) is 9.59 Å². The fourth-order valence-electron chi connectivity index (χ4n) is 2.37. The zero-order valence-corrected chi connectivity index (χ0v) is 13.3. The van der Waals surface area contributed by atoms with E-state index in [9.17, 15) is 9.59 Å². The van der Waals surface area contributed by atoms with Gasteiger partial charge in [0.1, 0.15) is 0 Å². The summed E-state index contributed by atoms with van der Waals surface area (Å²) in [6, 6.07) is 0. The molecule has 2 saturated heterocycles. The number of hydrogen-bond acceptors (Lipinski definition) is 6. The van der Waals surface area contributed by atoms with Crippen LogP contribution in [-0.4, -0.2) is 48.2 Å². The average molecular weight is 318 g/mol. The van der Waals surface area contributed by atoms with Crippen molar-refractivity contribution in [3.05, 3.63) is 0 Å². The lowest BCUT2D eigenvalue weighted by Gasteiger charge is -2.06. The Bertz CT molecular complexity index is 303. The third-order valence-electron chi connectivity index (χ3n) is 3.68. The summed E-state index contributed by atoms with van der Waals surface area (Å²) in [6.07, 6.45) is 3.68. The molecule has 2 heterocycles. The molecule has 4 nitrogen and oxygen atoms in total. The van der Waals surface area contributed by atoms with E-state index >= 15 is 0 Å². The maximum Gasteiger partial charge on any atom is 0.309 e. The van der Waals surface area contributed by atoms with Crippen LogP contribution >= 0.6 is 23.5 Å². The molecule has 2 aliphatic rings. The first-order valence-electron chi connectivity index (χ1n) is 7.26. The lowest BCUT2D eigenvalue weighted by atomic mass is 10.1. The quantitative estimate of drug-likeness (QED) is 0.480. The van der Waals surface area contributed by atoms with Gasteiger partial charge in [-0.1, -0.05) is 0 Å². The van der Waals surface area contributed by atoms with Gasteiger partial charge in [0.2, 0.25) is 0 Å². The first-order chi connectivity index (χ1) is 9.77. The Kier molecular flexibility index (Phi) is 7.07. The molecule has 0 aromatic rings. The van der Waals surface area contributed by atoms with E-state index in [4.69, 9.17) is 9.47 Å². The molecule has 0 radical (unpaired) electrons. The van der Waals surface area contributed by atoms with E-state index in [2.05, 4.69) is 0 Å². The van der Waals surface area contributed by atoms with Crippen LogP contribution in [0, 0.1) is 11.8 Å². The van der Waals surface area contributed by atoms with E-state index < -0.39 is 0 Å². The molecule has 0 aromatic heterocycles. The van der Waals surface area contributed by atoms with E-state index in [0.717, 1.165) is 48.7 Å². The number of carbonyl (C=O) groups excluding carboxylic acids is 2. The lowest BCUT2D eigenvalue weighted by Crippen LogP contribution is -2.09. The minimum Gasteiger partial charge on any atom is -0.465 e. The van der Waals surface area contributed by atoms with Gasteiger partial charge in [-0.05, 0) is 37.2 Å². The molecule has 0 bridgehead atoms. The molecule has 0 amide bonds. The lowest BCUT2D eigenvalue weighted by molar-refractivity contribution is -0.142. The molecule has 2 aliphatic heterocycles. The summed E-state index contributed by atoms with van der Waals surface area (Å²) in [7, 11) is 0. The van der Waals surface area contributed by atoms with Crippen molar-refractivity contribution in [2.75, 3.05) is 36.2 Å². The van der Waals surface area contributed by atoms with Gasteiger partial charge >= 0.3 is 11.9 Å². The standard InChI is InChI=1S/C14H22O4S2/c15-13-11(1-5-17-13)3-7-19-9-10-20-8-4-12-2-6-18-14(12)16/h11-12H,1-10H2. The van der Waals surface area contributed by atoms with Gasteiger partial charge in [0.25, 0.3) is 0 Å². The van der Waals surface area contributed by atoms with Crippen molar-refractivity contribution in [1.29, 1.82) is 0 Å². The van der Waals surface area contributed by atoms with Crippen molar-refractivity contribution in [3.63, 3.8) is 0 Å². The smallest absolute Gasteiger partial charge is 0.309 e. The van der Waals surface area contributed by atoms with Crippen molar-refractivity contribution in [1.82, 2.24) is 0 Å². The SMILES string of the molecule is O=C1OCCC1CCSCCSCCC1CCOC1=O. The van der Waals surface area contributed by atoms with Gasteiger partial charge in [-0.25, -0.2) is 0 Å². The first kappa shape index (κ1) is 16.0. The molecule has 0 aliphatic carbocycles. The van der Waals surface area contributed by atoms with Gasteiger partial charge in [-0.2, -0.15) is 23.5 Å². The van der Waals surface area contributed by atoms with Gasteiger partial charge < -0.3 is 9.47 Å². The number of rotatable bonds is 9. The summed E-state index contributed by atoms with van der Waals surface area (Å²) in [4.78, 5) is 22.5. The summed E-state index contributed by atoms with van der Waals surface area (Å²) < 4.78 is 9.89. The van der Waals surface area contributed by atoms with Crippen molar-refractivity contribution in [3.8, 4) is 0 Å². The second-order valence-corrected chi connectivity index (χ2v) is 7.56. The molecular weight excluding hydrogens is 296 g/mol. The predicted octanol–water partition coefficient (Wildman–Crippen LogP) is 2.36.